The van der Waals surface area contributed by atoms with Gasteiger partial charge in [-0.25, -0.2) is 0 Å². The molecule has 0 aromatic heterocycles. The predicted molar refractivity (Wildman–Crippen MR) is 82.7 cm³/mol. The zero-order valence-corrected chi connectivity index (χ0v) is 13.4. The Morgan fingerprint density at radius 1 is 1.14 bits per heavy atom. The molecule has 5 nitrogen and oxygen atoms in total. The van der Waals surface area contributed by atoms with E-state index in [1.54, 1.807) is 6.92 Å². The second kappa shape index (κ2) is 9.77. The maximum absolute atomic E-state index is 12.0. The first-order valence-electron chi connectivity index (χ1n) is 8.23. The highest BCUT2D eigenvalue weighted by Crippen LogP contribution is 2.26. The summed E-state index contributed by atoms with van der Waals surface area (Å²) in [7, 11) is 0. The summed E-state index contributed by atoms with van der Waals surface area (Å²) in [5.41, 5.74) is 0. The van der Waals surface area contributed by atoms with E-state index >= 15 is 0 Å². The first-order valence-corrected chi connectivity index (χ1v) is 8.23. The van der Waals surface area contributed by atoms with Gasteiger partial charge < -0.3 is 15.7 Å². The fourth-order valence-corrected chi connectivity index (χ4v) is 2.86. The molecule has 1 aliphatic rings. The molecule has 0 bridgehead atoms. The molecule has 0 heterocycles. The summed E-state index contributed by atoms with van der Waals surface area (Å²) < 4.78 is 0. The van der Waals surface area contributed by atoms with Gasteiger partial charge in [-0.1, -0.05) is 19.3 Å². The Morgan fingerprint density at radius 3 is 2.43 bits per heavy atom. The van der Waals surface area contributed by atoms with Crippen LogP contribution in [-0.4, -0.2) is 35.6 Å². The molecule has 1 rings (SSSR count). The van der Waals surface area contributed by atoms with Gasteiger partial charge in [0.05, 0.1) is 0 Å². The van der Waals surface area contributed by atoms with Gasteiger partial charge in [0.2, 0.25) is 11.8 Å². The summed E-state index contributed by atoms with van der Waals surface area (Å²) in [6.07, 6.45) is 7.93. The third kappa shape index (κ3) is 7.46. The second-order valence-electron chi connectivity index (χ2n) is 6.27. The summed E-state index contributed by atoms with van der Waals surface area (Å²) in [4.78, 5) is 23.9. The summed E-state index contributed by atoms with van der Waals surface area (Å²) >= 11 is 0. The number of nitrogens with one attached hydrogen (secondary N) is 2. The lowest BCUT2D eigenvalue weighted by atomic mass is 9.87. The van der Waals surface area contributed by atoms with E-state index < -0.39 is 6.04 Å². The highest BCUT2D eigenvalue weighted by Gasteiger charge is 2.21. The molecule has 0 aliphatic heterocycles. The van der Waals surface area contributed by atoms with E-state index in [1.807, 2.05) is 6.92 Å². The molecule has 1 fully saturated rings. The van der Waals surface area contributed by atoms with Crippen LogP contribution in [0.4, 0.5) is 0 Å². The molecule has 122 valence electrons. The smallest absolute Gasteiger partial charge is 0.242 e. The van der Waals surface area contributed by atoms with Crippen LogP contribution in [0.3, 0.4) is 0 Å². The molecule has 2 amide bonds. The van der Waals surface area contributed by atoms with E-state index in [0.717, 1.165) is 19.3 Å². The van der Waals surface area contributed by atoms with Crippen molar-refractivity contribution in [3.8, 4) is 0 Å². The molecule has 0 aromatic rings. The van der Waals surface area contributed by atoms with Crippen molar-refractivity contribution < 1.29 is 14.7 Å². The number of carbonyl (C=O) groups is 2. The number of rotatable bonds is 8. The van der Waals surface area contributed by atoms with Crippen LogP contribution >= 0.6 is 0 Å². The molecule has 0 aromatic carbocycles. The topological polar surface area (TPSA) is 78.4 Å². The van der Waals surface area contributed by atoms with Gasteiger partial charge in [0.15, 0.2) is 0 Å². The van der Waals surface area contributed by atoms with Gasteiger partial charge in [-0.15, -0.1) is 0 Å². The van der Waals surface area contributed by atoms with Crippen LogP contribution in [0.5, 0.6) is 0 Å². The average molecular weight is 298 g/mol. The van der Waals surface area contributed by atoms with Crippen molar-refractivity contribution in [2.45, 2.75) is 77.3 Å². The normalized spacial score (nSPS) is 18.8. The highest BCUT2D eigenvalue weighted by atomic mass is 16.3. The molecule has 0 radical (unpaired) electrons. The Balaban J connectivity index is 2.25. The minimum Gasteiger partial charge on any atom is -0.396 e. The van der Waals surface area contributed by atoms with Gasteiger partial charge in [0, 0.05) is 19.1 Å². The second-order valence-corrected chi connectivity index (χ2v) is 6.27. The maximum atomic E-state index is 12.0. The predicted octanol–water partition coefficient (Wildman–Crippen LogP) is 1.74. The Hall–Kier alpha value is -1.10. The monoisotopic (exact) mass is 298 g/mol. The summed E-state index contributed by atoms with van der Waals surface area (Å²) in [6, 6.07) is -0.486. The summed E-state index contributed by atoms with van der Waals surface area (Å²) in [6.45, 7) is 3.75. The van der Waals surface area contributed by atoms with Crippen LogP contribution in [0, 0.1) is 5.92 Å². The Kier molecular flexibility index (Phi) is 8.35. The molecule has 1 aliphatic carbocycles. The Labute approximate surface area is 127 Å². The number of carbonyl (C=O) groups excluding carboxylic acids is 2. The van der Waals surface area contributed by atoms with Crippen molar-refractivity contribution in [3.63, 3.8) is 0 Å². The molecule has 3 N–H and O–H groups in total. The van der Waals surface area contributed by atoms with E-state index in [1.165, 1.54) is 19.3 Å². The zero-order valence-electron chi connectivity index (χ0n) is 13.4. The zero-order chi connectivity index (χ0) is 15.7. The van der Waals surface area contributed by atoms with E-state index in [2.05, 4.69) is 10.6 Å². The van der Waals surface area contributed by atoms with Crippen molar-refractivity contribution in [1.29, 1.82) is 0 Å². The lowest BCUT2D eigenvalue weighted by Gasteiger charge is -2.22. The van der Waals surface area contributed by atoms with Crippen molar-refractivity contribution in [1.82, 2.24) is 10.6 Å². The van der Waals surface area contributed by atoms with Gasteiger partial charge in [-0.05, 0) is 45.4 Å². The minimum absolute atomic E-state index is 0.0161. The maximum Gasteiger partial charge on any atom is 0.242 e. The number of aliphatic hydroxyl groups is 1. The van der Waals surface area contributed by atoms with Gasteiger partial charge in [0.25, 0.3) is 0 Å². The summed E-state index contributed by atoms with van der Waals surface area (Å²) in [5.74, 6) is 0.308. The third-order valence-corrected chi connectivity index (χ3v) is 4.15. The fourth-order valence-electron chi connectivity index (χ4n) is 2.86. The Bertz CT molecular complexity index is 327. The van der Waals surface area contributed by atoms with E-state index in [9.17, 15) is 9.59 Å². The van der Waals surface area contributed by atoms with Crippen LogP contribution in [0.2, 0.25) is 0 Å². The van der Waals surface area contributed by atoms with Crippen LogP contribution in [0.15, 0.2) is 0 Å². The Morgan fingerprint density at radius 2 is 1.81 bits per heavy atom. The molecule has 2 unspecified atom stereocenters. The minimum atomic E-state index is -0.502. The van der Waals surface area contributed by atoms with Crippen LogP contribution in [0.1, 0.15) is 65.2 Å². The lowest BCUT2D eigenvalue weighted by molar-refractivity contribution is -0.129. The number of aliphatic hydroxyl groups excluding tert-OH is 1. The van der Waals surface area contributed by atoms with Crippen LogP contribution in [0.25, 0.3) is 0 Å². The van der Waals surface area contributed by atoms with Gasteiger partial charge in [0.1, 0.15) is 6.04 Å². The third-order valence-electron chi connectivity index (χ3n) is 4.15. The first-order chi connectivity index (χ1) is 10.0. The lowest BCUT2D eigenvalue weighted by Crippen LogP contribution is -2.47. The van der Waals surface area contributed by atoms with Crippen molar-refractivity contribution in [2.24, 2.45) is 5.92 Å². The average Bonchev–Trinajstić information content (AvgIpc) is 2.45. The van der Waals surface area contributed by atoms with Crippen molar-refractivity contribution >= 4 is 11.8 Å². The molecular weight excluding hydrogens is 268 g/mol. The van der Waals surface area contributed by atoms with Gasteiger partial charge >= 0.3 is 0 Å². The van der Waals surface area contributed by atoms with E-state index in [-0.39, 0.29) is 24.5 Å². The number of hydrogen-bond donors (Lipinski definition) is 3. The quantitative estimate of drug-likeness (QED) is 0.638. The molecular formula is C16H30N2O3. The molecule has 1 saturated carbocycles. The number of amides is 2. The molecule has 0 spiro atoms. The number of hydrogen-bond acceptors (Lipinski definition) is 3. The largest absolute Gasteiger partial charge is 0.396 e. The SMILES string of the molecule is CC(CCCO)NC(=O)C(C)NC(=O)CC1CCCCC1. The molecule has 0 saturated heterocycles. The van der Waals surface area contributed by atoms with Crippen molar-refractivity contribution in [2.75, 3.05) is 6.61 Å². The molecule has 21 heavy (non-hydrogen) atoms. The fraction of sp³-hybridized carbons (Fsp3) is 0.875. The first kappa shape index (κ1) is 18.0. The highest BCUT2D eigenvalue weighted by molar-refractivity contribution is 5.87. The van der Waals surface area contributed by atoms with Gasteiger partial charge in [-0.2, -0.15) is 0 Å². The van der Waals surface area contributed by atoms with E-state index in [4.69, 9.17) is 5.11 Å². The summed E-state index contributed by atoms with van der Waals surface area (Å²) in [5, 5.41) is 14.4. The standard InChI is InChI=1S/C16H30N2O3/c1-12(7-6-10-19)17-16(21)13(2)18-15(20)11-14-8-4-3-5-9-14/h12-14,19H,3-11H2,1-2H3,(H,17,21)(H,18,20). The van der Waals surface area contributed by atoms with Gasteiger partial charge in [-0.3, -0.25) is 9.59 Å². The van der Waals surface area contributed by atoms with Crippen molar-refractivity contribution in [3.05, 3.63) is 0 Å². The molecule has 2 atom stereocenters. The van der Waals surface area contributed by atoms with E-state index in [0.29, 0.717) is 18.8 Å². The van der Waals surface area contributed by atoms with Crippen LogP contribution < -0.4 is 10.6 Å². The van der Waals surface area contributed by atoms with Crippen LogP contribution in [-0.2, 0) is 9.59 Å². The molecule has 5 heteroatoms.